The van der Waals surface area contributed by atoms with E-state index in [1.165, 1.54) is 6.26 Å². The second-order valence-electron chi connectivity index (χ2n) is 4.20. The quantitative estimate of drug-likeness (QED) is 0.829. The van der Waals surface area contributed by atoms with Gasteiger partial charge in [0.15, 0.2) is 0 Å². The fraction of sp³-hybridized carbons (Fsp3) is 0.200. The Kier molecular flexibility index (Phi) is 4.98. The Bertz CT molecular complexity index is 591. The third-order valence-electron chi connectivity index (χ3n) is 2.68. The van der Waals surface area contributed by atoms with E-state index in [2.05, 4.69) is 10.6 Å². The van der Waals surface area contributed by atoms with Crippen LogP contribution in [0, 0.1) is 0 Å². The predicted molar refractivity (Wildman–Crippen MR) is 77.0 cm³/mol. The zero-order chi connectivity index (χ0) is 15.1. The van der Waals surface area contributed by atoms with Crippen molar-refractivity contribution in [1.29, 1.82) is 0 Å². The van der Waals surface area contributed by atoms with Gasteiger partial charge in [0.2, 0.25) is 5.88 Å². The maximum absolute atomic E-state index is 11.6. The number of benzene rings is 1. The summed E-state index contributed by atoms with van der Waals surface area (Å²) in [5, 5.41) is 5.23. The summed E-state index contributed by atoms with van der Waals surface area (Å²) in [6, 6.07) is 9.83. The van der Waals surface area contributed by atoms with Gasteiger partial charge in [-0.05, 0) is 30.7 Å². The summed E-state index contributed by atoms with van der Waals surface area (Å²) >= 11 is 0. The molecule has 6 nitrogen and oxygen atoms in total. The number of rotatable bonds is 5. The van der Waals surface area contributed by atoms with Crippen molar-refractivity contribution in [3.05, 3.63) is 53.8 Å². The first-order valence-electron chi connectivity index (χ1n) is 6.53. The number of nitrogens with one attached hydrogen (secondary N) is 2. The van der Waals surface area contributed by atoms with Gasteiger partial charge in [0.25, 0.3) is 0 Å². The minimum absolute atomic E-state index is 0.342. The first kappa shape index (κ1) is 14.6. The zero-order valence-corrected chi connectivity index (χ0v) is 11.6. The van der Waals surface area contributed by atoms with Crippen molar-refractivity contribution < 1.29 is 18.7 Å². The second kappa shape index (κ2) is 7.14. The molecule has 0 saturated carbocycles. The summed E-state index contributed by atoms with van der Waals surface area (Å²) in [5.74, 6) is 0.0257. The number of amides is 2. The van der Waals surface area contributed by atoms with E-state index in [0.717, 1.165) is 5.56 Å². The SMILES string of the molecule is CCOC(=O)c1ccc(CNC(=O)Nc2ccco2)cc1. The summed E-state index contributed by atoms with van der Waals surface area (Å²) in [6.07, 6.45) is 1.48. The van der Waals surface area contributed by atoms with E-state index in [1.54, 1.807) is 43.3 Å². The third kappa shape index (κ3) is 4.38. The zero-order valence-electron chi connectivity index (χ0n) is 11.6. The van der Waals surface area contributed by atoms with E-state index >= 15 is 0 Å². The Hall–Kier alpha value is -2.76. The van der Waals surface area contributed by atoms with Gasteiger partial charge in [-0.2, -0.15) is 0 Å². The van der Waals surface area contributed by atoms with Crippen molar-refractivity contribution >= 4 is 17.9 Å². The van der Waals surface area contributed by atoms with Gasteiger partial charge in [0.05, 0.1) is 18.4 Å². The minimum Gasteiger partial charge on any atom is -0.462 e. The molecule has 0 saturated heterocycles. The number of hydrogen-bond acceptors (Lipinski definition) is 4. The molecule has 0 spiro atoms. The maximum Gasteiger partial charge on any atom is 0.338 e. The number of carbonyl (C=O) groups excluding carboxylic acids is 2. The van der Waals surface area contributed by atoms with Crippen LogP contribution in [-0.4, -0.2) is 18.6 Å². The first-order chi connectivity index (χ1) is 10.2. The Labute approximate surface area is 122 Å². The van der Waals surface area contributed by atoms with Crippen LogP contribution in [0.15, 0.2) is 47.1 Å². The number of urea groups is 1. The number of carbonyl (C=O) groups is 2. The molecule has 21 heavy (non-hydrogen) atoms. The van der Waals surface area contributed by atoms with E-state index in [0.29, 0.717) is 24.6 Å². The molecule has 1 heterocycles. The van der Waals surface area contributed by atoms with Crippen LogP contribution in [0.4, 0.5) is 10.7 Å². The molecule has 0 atom stereocenters. The first-order valence-corrected chi connectivity index (χ1v) is 6.53. The normalized spacial score (nSPS) is 9.95. The van der Waals surface area contributed by atoms with Crippen molar-refractivity contribution in [2.24, 2.45) is 0 Å². The number of esters is 1. The highest BCUT2D eigenvalue weighted by Gasteiger charge is 2.06. The molecule has 2 aromatic rings. The van der Waals surface area contributed by atoms with Crippen LogP contribution in [0.5, 0.6) is 0 Å². The highest BCUT2D eigenvalue weighted by Crippen LogP contribution is 2.07. The molecule has 2 amide bonds. The third-order valence-corrected chi connectivity index (χ3v) is 2.68. The van der Waals surface area contributed by atoms with Crippen LogP contribution in [0.2, 0.25) is 0 Å². The van der Waals surface area contributed by atoms with Crippen molar-refractivity contribution in [3.63, 3.8) is 0 Å². The van der Waals surface area contributed by atoms with Crippen molar-refractivity contribution in [1.82, 2.24) is 5.32 Å². The molecule has 110 valence electrons. The largest absolute Gasteiger partial charge is 0.462 e. The highest BCUT2D eigenvalue weighted by atomic mass is 16.5. The lowest BCUT2D eigenvalue weighted by molar-refractivity contribution is 0.0526. The maximum atomic E-state index is 11.6. The molecule has 0 radical (unpaired) electrons. The van der Waals surface area contributed by atoms with Gasteiger partial charge < -0.3 is 14.5 Å². The van der Waals surface area contributed by atoms with Crippen LogP contribution in [0.1, 0.15) is 22.8 Å². The Morgan fingerprint density at radius 1 is 1.19 bits per heavy atom. The van der Waals surface area contributed by atoms with Crippen LogP contribution < -0.4 is 10.6 Å². The average Bonchev–Trinajstić information content (AvgIpc) is 2.99. The van der Waals surface area contributed by atoms with Crippen LogP contribution in [0.3, 0.4) is 0 Å². The van der Waals surface area contributed by atoms with Crippen molar-refractivity contribution in [3.8, 4) is 0 Å². The lowest BCUT2D eigenvalue weighted by Crippen LogP contribution is -2.27. The number of hydrogen-bond donors (Lipinski definition) is 2. The van der Waals surface area contributed by atoms with Gasteiger partial charge in [-0.25, -0.2) is 9.59 Å². The molecule has 0 aliphatic heterocycles. The standard InChI is InChI=1S/C15H16N2O4/c1-2-20-14(18)12-7-5-11(6-8-12)10-16-15(19)17-13-4-3-9-21-13/h3-9H,2,10H2,1H3,(H2,16,17,19). The molecular formula is C15H16N2O4. The summed E-state index contributed by atoms with van der Waals surface area (Å²) in [5.41, 5.74) is 1.36. The second-order valence-corrected chi connectivity index (χ2v) is 4.20. The predicted octanol–water partition coefficient (Wildman–Crippen LogP) is 2.78. The van der Waals surface area contributed by atoms with Gasteiger partial charge in [-0.1, -0.05) is 12.1 Å². The van der Waals surface area contributed by atoms with Crippen LogP contribution in [0.25, 0.3) is 0 Å². The van der Waals surface area contributed by atoms with Gasteiger partial charge >= 0.3 is 12.0 Å². The topological polar surface area (TPSA) is 80.6 Å². The molecule has 2 N–H and O–H groups in total. The lowest BCUT2D eigenvalue weighted by Gasteiger charge is -2.06. The average molecular weight is 288 g/mol. The number of anilines is 1. The number of furan rings is 1. The molecule has 0 fully saturated rings. The molecule has 0 aliphatic rings. The van der Waals surface area contributed by atoms with Gasteiger partial charge in [-0.3, -0.25) is 5.32 Å². The molecule has 2 rings (SSSR count). The molecule has 0 aliphatic carbocycles. The van der Waals surface area contributed by atoms with E-state index < -0.39 is 0 Å². The van der Waals surface area contributed by atoms with Gasteiger partial charge in [0.1, 0.15) is 0 Å². The van der Waals surface area contributed by atoms with Crippen molar-refractivity contribution in [2.75, 3.05) is 11.9 Å². The highest BCUT2D eigenvalue weighted by molar-refractivity contribution is 5.89. The smallest absolute Gasteiger partial charge is 0.338 e. The van der Waals surface area contributed by atoms with E-state index in [-0.39, 0.29) is 12.0 Å². The Morgan fingerprint density at radius 3 is 2.57 bits per heavy atom. The fourth-order valence-corrected chi connectivity index (χ4v) is 1.66. The summed E-state index contributed by atoms with van der Waals surface area (Å²) in [6.45, 7) is 2.44. The van der Waals surface area contributed by atoms with Gasteiger partial charge in [0, 0.05) is 12.6 Å². The Morgan fingerprint density at radius 2 is 1.95 bits per heavy atom. The monoisotopic (exact) mass is 288 g/mol. The van der Waals surface area contributed by atoms with E-state index in [9.17, 15) is 9.59 Å². The molecule has 0 bridgehead atoms. The van der Waals surface area contributed by atoms with Crippen LogP contribution in [-0.2, 0) is 11.3 Å². The Balaban J connectivity index is 1.83. The molecule has 6 heteroatoms. The molecule has 0 unspecified atom stereocenters. The molecule has 1 aromatic heterocycles. The lowest BCUT2D eigenvalue weighted by atomic mass is 10.1. The molecular weight excluding hydrogens is 272 g/mol. The molecule has 1 aromatic carbocycles. The van der Waals surface area contributed by atoms with Gasteiger partial charge in [-0.15, -0.1) is 0 Å². The fourth-order valence-electron chi connectivity index (χ4n) is 1.66. The summed E-state index contributed by atoms with van der Waals surface area (Å²) in [4.78, 5) is 23.1. The number of ether oxygens (including phenoxy) is 1. The van der Waals surface area contributed by atoms with E-state index in [4.69, 9.17) is 9.15 Å². The minimum atomic E-state index is -0.362. The summed E-state index contributed by atoms with van der Waals surface area (Å²) in [7, 11) is 0. The van der Waals surface area contributed by atoms with Crippen LogP contribution >= 0.6 is 0 Å². The van der Waals surface area contributed by atoms with E-state index in [1.807, 2.05) is 0 Å². The van der Waals surface area contributed by atoms with Crippen molar-refractivity contribution in [2.45, 2.75) is 13.5 Å². The summed E-state index contributed by atoms with van der Waals surface area (Å²) < 4.78 is 9.89.